The van der Waals surface area contributed by atoms with Gasteiger partial charge in [0.05, 0.1) is 17.5 Å². The lowest BCUT2D eigenvalue weighted by molar-refractivity contribution is -0.384. The molecule has 3 aliphatic rings. The molecule has 1 saturated carbocycles. The van der Waals surface area contributed by atoms with E-state index in [0.717, 1.165) is 36.9 Å². The fraction of sp³-hybridized carbons (Fsp3) is 0.562. The van der Waals surface area contributed by atoms with Gasteiger partial charge < -0.3 is 9.80 Å². The van der Waals surface area contributed by atoms with Gasteiger partial charge in [-0.1, -0.05) is 6.42 Å². The number of nitro benzene ring substituents is 1. The van der Waals surface area contributed by atoms with Crippen LogP contribution in [0.25, 0.3) is 0 Å². The van der Waals surface area contributed by atoms with Gasteiger partial charge in [0, 0.05) is 29.9 Å². The van der Waals surface area contributed by atoms with Gasteiger partial charge in [-0.15, -0.1) is 0 Å². The summed E-state index contributed by atoms with van der Waals surface area (Å²) in [4.78, 5) is 27.0. The number of carbonyl (C=O) groups is 1. The first kappa shape index (κ1) is 13.5. The van der Waals surface area contributed by atoms with E-state index in [2.05, 4.69) is 11.8 Å². The Kier molecular flexibility index (Phi) is 2.89. The van der Waals surface area contributed by atoms with Crippen molar-refractivity contribution in [1.29, 1.82) is 0 Å². The number of benzene rings is 1. The van der Waals surface area contributed by atoms with E-state index >= 15 is 0 Å². The molecule has 6 nitrogen and oxygen atoms in total. The summed E-state index contributed by atoms with van der Waals surface area (Å²) in [5, 5.41) is 10.9. The Balaban J connectivity index is 1.57. The lowest BCUT2D eigenvalue weighted by atomic mass is 9.91. The lowest BCUT2D eigenvalue weighted by Crippen LogP contribution is -2.61. The van der Waals surface area contributed by atoms with E-state index in [-0.39, 0.29) is 28.5 Å². The summed E-state index contributed by atoms with van der Waals surface area (Å²) in [6.45, 7) is 2.73. The molecule has 1 aromatic carbocycles. The number of hydrogen-bond acceptors (Lipinski definition) is 4. The monoisotopic (exact) mass is 301 g/mol. The van der Waals surface area contributed by atoms with Crippen LogP contribution in [0.5, 0.6) is 0 Å². The number of nitrogens with zero attached hydrogens (tertiary/aromatic N) is 3. The second-order valence-corrected chi connectivity index (χ2v) is 6.65. The summed E-state index contributed by atoms with van der Waals surface area (Å²) >= 11 is 0. The minimum absolute atomic E-state index is 0.142. The zero-order valence-corrected chi connectivity index (χ0v) is 12.6. The topological polar surface area (TPSA) is 66.7 Å². The highest BCUT2D eigenvalue weighted by molar-refractivity contribution is 5.87. The van der Waals surface area contributed by atoms with Gasteiger partial charge in [0.1, 0.15) is 0 Å². The minimum atomic E-state index is -0.352. The number of amides is 1. The molecule has 1 aliphatic carbocycles. The molecular formula is C16H19N3O3. The van der Waals surface area contributed by atoms with Crippen LogP contribution in [-0.4, -0.2) is 34.5 Å². The van der Waals surface area contributed by atoms with Crippen LogP contribution in [0.3, 0.4) is 0 Å². The lowest BCUT2D eigenvalue weighted by Gasteiger charge is -2.46. The smallest absolute Gasteiger partial charge is 0.269 e. The van der Waals surface area contributed by atoms with Crippen molar-refractivity contribution in [2.75, 3.05) is 11.6 Å². The number of β-lactam (4-membered cyclic amide) rings is 1. The number of non-ortho nitro benzene ring substituents is 1. The maximum absolute atomic E-state index is 12.2. The minimum Gasteiger partial charge on any atom is -0.350 e. The molecular weight excluding hydrogens is 282 g/mol. The standard InChI is InChI=1S/C16H19N3O3/c1-10-7-11-8-12(19(21)22)5-6-14(11)17(10)9-18-15-4-2-3-13(15)16(18)20/h5-6,8,10,13,15H,2-4,7,9H2,1H3. The molecule has 0 radical (unpaired) electrons. The molecule has 4 rings (SSSR count). The molecule has 1 aromatic rings. The highest BCUT2D eigenvalue weighted by Gasteiger charge is 2.50. The summed E-state index contributed by atoms with van der Waals surface area (Å²) in [5.74, 6) is 0.541. The van der Waals surface area contributed by atoms with Crippen LogP contribution in [0.4, 0.5) is 11.4 Å². The fourth-order valence-corrected chi connectivity index (χ4v) is 4.25. The van der Waals surface area contributed by atoms with Gasteiger partial charge >= 0.3 is 0 Å². The number of likely N-dealkylation sites (tertiary alicyclic amines) is 1. The molecule has 116 valence electrons. The van der Waals surface area contributed by atoms with E-state index in [1.54, 1.807) is 12.1 Å². The number of anilines is 1. The molecule has 3 unspecified atom stereocenters. The first-order chi connectivity index (χ1) is 10.6. The van der Waals surface area contributed by atoms with Crippen LogP contribution in [0, 0.1) is 16.0 Å². The van der Waals surface area contributed by atoms with Crippen LogP contribution in [0.15, 0.2) is 18.2 Å². The largest absolute Gasteiger partial charge is 0.350 e. The van der Waals surface area contributed by atoms with Gasteiger partial charge in [-0.25, -0.2) is 0 Å². The Labute approximate surface area is 128 Å². The molecule has 0 spiro atoms. The van der Waals surface area contributed by atoms with Crippen LogP contribution in [0.1, 0.15) is 31.7 Å². The van der Waals surface area contributed by atoms with Crippen LogP contribution in [-0.2, 0) is 11.2 Å². The van der Waals surface area contributed by atoms with Crippen molar-refractivity contribution >= 4 is 17.3 Å². The van der Waals surface area contributed by atoms with Crippen LogP contribution >= 0.6 is 0 Å². The molecule has 2 fully saturated rings. The zero-order valence-electron chi connectivity index (χ0n) is 12.6. The average molecular weight is 301 g/mol. The Morgan fingerprint density at radius 1 is 1.32 bits per heavy atom. The van der Waals surface area contributed by atoms with Crippen molar-refractivity contribution in [2.24, 2.45) is 5.92 Å². The van der Waals surface area contributed by atoms with E-state index < -0.39 is 0 Å². The third-order valence-electron chi connectivity index (χ3n) is 5.42. The Bertz CT molecular complexity index is 660. The normalized spacial score (nSPS) is 29.3. The van der Waals surface area contributed by atoms with E-state index in [0.29, 0.717) is 12.7 Å². The number of carbonyl (C=O) groups excluding carboxylic acids is 1. The maximum atomic E-state index is 12.2. The predicted octanol–water partition coefficient (Wildman–Crippen LogP) is 2.31. The molecule has 0 N–H and O–H groups in total. The van der Waals surface area contributed by atoms with Crippen LogP contribution < -0.4 is 4.90 Å². The van der Waals surface area contributed by atoms with Crippen molar-refractivity contribution in [2.45, 2.75) is 44.7 Å². The Morgan fingerprint density at radius 3 is 2.91 bits per heavy atom. The van der Waals surface area contributed by atoms with Crippen molar-refractivity contribution < 1.29 is 9.72 Å². The van der Waals surface area contributed by atoms with Gasteiger partial charge in [-0.05, 0) is 37.8 Å². The molecule has 1 saturated heterocycles. The second-order valence-electron chi connectivity index (χ2n) is 6.65. The first-order valence-corrected chi connectivity index (χ1v) is 7.90. The average Bonchev–Trinajstić information content (AvgIpc) is 3.05. The van der Waals surface area contributed by atoms with E-state index in [9.17, 15) is 14.9 Å². The van der Waals surface area contributed by atoms with Crippen LogP contribution in [0.2, 0.25) is 0 Å². The number of hydrogen-bond donors (Lipinski definition) is 0. The van der Waals surface area contributed by atoms with Crippen molar-refractivity contribution in [3.05, 3.63) is 33.9 Å². The van der Waals surface area contributed by atoms with Gasteiger partial charge in [0.25, 0.3) is 5.69 Å². The number of rotatable bonds is 3. The molecule has 22 heavy (non-hydrogen) atoms. The highest BCUT2D eigenvalue weighted by Crippen LogP contribution is 2.42. The summed E-state index contributed by atoms with van der Waals surface area (Å²) < 4.78 is 0. The van der Waals surface area contributed by atoms with Gasteiger partial charge in [-0.3, -0.25) is 14.9 Å². The fourth-order valence-electron chi connectivity index (χ4n) is 4.25. The van der Waals surface area contributed by atoms with Crippen molar-refractivity contribution in [1.82, 2.24) is 4.90 Å². The number of fused-ring (bicyclic) bond motifs is 2. The first-order valence-electron chi connectivity index (χ1n) is 7.90. The quantitative estimate of drug-likeness (QED) is 0.488. The van der Waals surface area contributed by atoms with Crippen molar-refractivity contribution in [3.8, 4) is 0 Å². The molecule has 1 amide bonds. The van der Waals surface area contributed by atoms with Gasteiger partial charge in [0.2, 0.25) is 5.91 Å². The summed E-state index contributed by atoms with van der Waals surface area (Å²) in [6.07, 6.45) is 4.10. The van der Waals surface area contributed by atoms with Gasteiger partial charge in [-0.2, -0.15) is 0 Å². The maximum Gasteiger partial charge on any atom is 0.269 e. The number of nitro groups is 1. The van der Waals surface area contributed by atoms with Crippen molar-refractivity contribution in [3.63, 3.8) is 0 Å². The molecule has 6 heteroatoms. The molecule has 3 atom stereocenters. The van der Waals surface area contributed by atoms with E-state index in [4.69, 9.17) is 0 Å². The Morgan fingerprint density at radius 2 is 2.14 bits per heavy atom. The summed E-state index contributed by atoms with van der Waals surface area (Å²) in [5.41, 5.74) is 2.19. The molecule has 0 aromatic heterocycles. The summed E-state index contributed by atoms with van der Waals surface area (Å²) in [6, 6.07) is 5.74. The summed E-state index contributed by atoms with van der Waals surface area (Å²) in [7, 11) is 0. The highest BCUT2D eigenvalue weighted by atomic mass is 16.6. The third-order valence-corrected chi connectivity index (χ3v) is 5.42. The Hall–Kier alpha value is -2.11. The zero-order chi connectivity index (χ0) is 15.4. The van der Waals surface area contributed by atoms with E-state index in [1.165, 1.54) is 0 Å². The van der Waals surface area contributed by atoms with E-state index in [1.807, 2.05) is 11.0 Å². The molecule has 2 aliphatic heterocycles. The second kappa shape index (κ2) is 4.69. The molecule has 2 heterocycles. The predicted molar refractivity (Wildman–Crippen MR) is 81.6 cm³/mol. The van der Waals surface area contributed by atoms with Gasteiger partial charge in [0.15, 0.2) is 0 Å². The molecule has 0 bridgehead atoms. The SMILES string of the molecule is CC1Cc2cc([N+](=O)[O-])ccc2N1CN1C(=O)C2CCCC21. The third kappa shape index (κ3) is 1.82.